The quantitative estimate of drug-likeness (QED) is 0.704. The van der Waals surface area contributed by atoms with Crippen LogP contribution >= 0.6 is 0 Å². The third kappa shape index (κ3) is 2.82. The van der Waals surface area contributed by atoms with Crippen molar-refractivity contribution in [2.45, 2.75) is 6.10 Å². The van der Waals surface area contributed by atoms with E-state index in [1.54, 1.807) is 30.5 Å². The van der Waals surface area contributed by atoms with E-state index in [4.69, 9.17) is 5.73 Å². The molecule has 0 fully saturated rings. The van der Waals surface area contributed by atoms with Crippen LogP contribution in [0.2, 0.25) is 0 Å². The van der Waals surface area contributed by atoms with Gasteiger partial charge in [0.05, 0.1) is 11.9 Å². The summed E-state index contributed by atoms with van der Waals surface area (Å²) in [6, 6.07) is 7.06. The maximum absolute atomic E-state index is 10.8. The Morgan fingerprint density at radius 2 is 2.15 bits per heavy atom. The third-order valence-electron chi connectivity index (χ3n) is 1.75. The lowest BCUT2D eigenvalue weighted by Gasteiger charge is -2.11. The normalized spacial score (nSPS) is 15.2. The van der Waals surface area contributed by atoms with Gasteiger partial charge in [0.1, 0.15) is 0 Å². The molecule has 0 aromatic heterocycles. The highest BCUT2D eigenvalue weighted by molar-refractivity contribution is 7.84. The Morgan fingerprint density at radius 3 is 2.69 bits per heavy atom. The van der Waals surface area contributed by atoms with E-state index in [0.717, 1.165) is 0 Å². The molecule has 4 heteroatoms. The Hall–Kier alpha value is -0.870. The molecule has 3 nitrogen and oxygen atoms in total. The van der Waals surface area contributed by atoms with Crippen molar-refractivity contribution in [2.24, 2.45) is 0 Å². The van der Waals surface area contributed by atoms with Gasteiger partial charge in [-0.2, -0.15) is 0 Å². The highest BCUT2D eigenvalue weighted by atomic mass is 32.2. The summed E-state index contributed by atoms with van der Waals surface area (Å²) in [5, 5.41) is 9.60. The first-order valence-electron chi connectivity index (χ1n) is 3.93. The second-order valence-electron chi connectivity index (χ2n) is 2.88. The van der Waals surface area contributed by atoms with E-state index in [0.29, 0.717) is 11.3 Å². The topological polar surface area (TPSA) is 63.3 Å². The number of hydrogen-bond donors (Lipinski definition) is 2. The van der Waals surface area contributed by atoms with E-state index in [9.17, 15) is 9.32 Å². The SMILES string of the molecule is CS(=O)CC(O)c1ccccc1N. The number of aliphatic hydroxyl groups excluding tert-OH is 1. The number of aliphatic hydroxyl groups is 1. The van der Waals surface area contributed by atoms with Crippen molar-refractivity contribution in [2.75, 3.05) is 17.7 Å². The minimum Gasteiger partial charge on any atom is -0.398 e. The van der Waals surface area contributed by atoms with Gasteiger partial charge in [-0.25, -0.2) is 0 Å². The lowest BCUT2D eigenvalue weighted by Crippen LogP contribution is -2.09. The molecule has 1 aromatic rings. The molecule has 0 heterocycles. The summed E-state index contributed by atoms with van der Waals surface area (Å²) in [5.41, 5.74) is 6.83. The minimum atomic E-state index is -1.01. The standard InChI is InChI=1S/C9H13NO2S/c1-13(12)6-9(11)7-4-2-3-5-8(7)10/h2-5,9,11H,6,10H2,1H3. The smallest absolute Gasteiger partial charge is 0.0924 e. The van der Waals surface area contributed by atoms with Crippen LogP contribution in [0.3, 0.4) is 0 Å². The number of rotatable bonds is 3. The van der Waals surface area contributed by atoms with Crippen LogP contribution in [0, 0.1) is 0 Å². The fraction of sp³-hybridized carbons (Fsp3) is 0.333. The Bertz CT molecular complexity index is 314. The first-order chi connectivity index (χ1) is 6.11. The van der Waals surface area contributed by atoms with Crippen LogP contribution in [0.1, 0.15) is 11.7 Å². The number of para-hydroxylation sites is 1. The molecule has 1 aromatic carbocycles. The molecule has 2 atom stereocenters. The van der Waals surface area contributed by atoms with E-state index in [-0.39, 0.29) is 5.75 Å². The van der Waals surface area contributed by atoms with Crippen LogP contribution in [-0.4, -0.2) is 21.3 Å². The summed E-state index contributed by atoms with van der Waals surface area (Å²) in [7, 11) is -1.01. The molecule has 0 amide bonds. The first kappa shape index (κ1) is 10.2. The summed E-state index contributed by atoms with van der Waals surface area (Å²) in [5.74, 6) is 0.230. The molecular formula is C9H13NO2S. The third-order valence-corrected chi connectivity index (χ3v) is 2.53. The fourth-order valence-electron chi connectivity index (χ4n) is 1.13. The maximum atomic E-state index is 10.8. The van der Waals surface area contributed by atoms with Crippen molar-refractivity contribution in [3.05, 3.63) is 29.8 Å². The highest BCUT2D eigenvalue weighted by Crippen LogP contribution is 2.19. The predicted molar refractivity (Wildman–Crippen MR) is 54.7 cm³/mol. The lowest BCUT2D eigenvalue weighted by molar-refractivity contribution is 0.204. The first-order valence-corrected chi connectivity index (χ1v) is 5.66. The highest BCUT2D eigenvalue weighted by Gasteiger charge is 2.11. The fourth-order valence-corrected chi connectivity index (χ4v) is 1.75. The summed E-state index contributed by atoms with van der Waals surface area (Å²) >= 11 is 0. The zero-order chi connectivity index (χ0) is 9.84. The van der Waals surface area contributed by atoms with Crippen LogP contribution in [-0.2, 0) is 10.8 Å². The second-order valence-corrected chi connectivity index (χ2v) is 4.36. The van der Waals surface area contributed by atoms with Gasteiger partial charge < -0.3 is 10.8 Å². The molecule has 0 aliphatic heterocycles. The number of hydrogen-bond acceptors (Lipinski definition) is 3. The molecule has 0 aliphatic rings. The summed E-state index contributed by atoms with van der Waals surface area (Å²) in [4.78, 5) is 0. The predicted octanol–water partition coefficient (Wildman–Crippen LogP) is 0.681. The van der Waals surface area contributed by atoms with Crippen LogP contribution in [0.15, 0.2) is 24.3 Å². The van der Waals surface area contributed by atoms with Gasteiger partial charge in [-0.15, -0.1) is 0 Å². The van der Waals surface area contributed by atoms with Gasteiger partial charge in [-0.05, 0) is 6.07 Å². The average molecular weight is 199 g/mol. The van der Waals surface area contributed by atoms with Gasteiger partial charge in [-0.3, -0.25) is 4.21 Å². The van der Waals surface area contributed by atoms with Crippen molar-refractivity contribution >= 4 is 16.5 Å². The monoisotopic (exact) mass is 199 g/mol. The zero-order valence-electron chi connectivity index (χ0n) is 7.43. The maximum Gasteiger partial charge on any atom is 0.0924 e. The van der Waals surface area contributed by atoms with Gasteiger partial charge >= 0.3 is 0 Å². The van der Waals surface area contributed by atoms with Crippen molar-refractivity contribution in [1.82, 2.24) is 0 Å². The van der Waals surface area contributed by atoms with E-state index in [1.165, 1.54) is 0 Å². The van der Waals surface area contributed by atoms with Crippen molar-refractivity contribution in [1.29, 1.82) is 0 Å². The molecular weight excluding hydrogens is 186 g/mol. The second kappa shape index (κ2) is 4.39. The van der Waals surface area contributed by atoms with Crippen molar-refractivity contribution in [3.8, 4) is 0 Å². The van der Waals surface area contributed by atoms with Crippen LogP contribution in [0.4, 0.5) is 5.69 Å². The molecule has 0 radical (unpaired) electrons. The molecule has 0 aliphatic carbocycles. The summed E-state index contributed by atoms with van der Waals surface area (Å²) in [6.45, 7) is 0. The van der Waals surface area contributed by atoms with Crippen LogP contribution < -0.4 is 5.73 Å². The van der Waals surface area contributed by atoms with Gasteiger partial charge in [-0.1, -0.05) is 18.2 Å². The van der Waals surface area contributed by atoms with Crippen molar-refractivity contribution in [3.63, 3.8) is 0 Å². The molecule has 1 rings (SSSR count). The van der Waals surface area contributed by atoms with Crippen LogP contribution in [0.5, 0.6) is 0 Å². The minimum absolute atomic E-state index is 0.230. The molecule has 2 unspecified atom stereocenters. The van der Waals surface area contributed by atoms with Gasteiger partial charge in [0.25, 0.3) is 0 Å². The molecule has 0 saturated heterocycles. The number of nitrogens with two attached hydrogens (primary N) is 1. The summed E-state index contributed by atoms with van der Waals surface area (Å²) in [6.07, 6.45) is 0.828. The van der Waals surface area contributed by atoms with E-state index >= 15 is 0 Å². The van der Waals surface area contributed by atoms with E-state index in [1.807, 2.05) is 0 Å². The van der Waals surface area contributed by atoms with Gasteiger partial charge in [0.15, 0.2) is 0 Å². The zero-order valence-corrected chi connectivity index (χ0v) is 8.25. The van der Waals surface area contributed by atoms with Gasteiger partial charge in [0, 0.05) is 28.3 Å². The largest absolute Gasteiger partial charge is 0.398 e. The number of nitrogen functional groups attached to an aromatic ring is 1. The molecule has 0 spiro atoms. The van der Waals surface area contributed by atoms with E-state index < -0.39 is 16.9 Å². The Balaban J connectivity index is 2.82. The average Bonchev–Trinajstić information content (AvgIpc) is 2.03. The lowest BCUT2D eigenvalue weighted by atomic mass is 10.1. The van der Waals surface area contributed by atoms with E-state index in [2.05, 4.69) is 0 Å². The molecule has 13 heavy (non-hydrogen) atoms. The number of anilines is 1. The molecule has 0 bridgehead atoms. The molecule has 3 N–H and O–H groups in total. The Morgan fingerprint density at radius 1 is 1.54 bits per heavy atom. The summed E-state index contributed by atoms with van der Waals surface area (Å²) < 4.78 is 10.8. The molecule has 72 valence electrons. The number of benzene rings is 1. The Kier molecular flexibility index (Phi) is 3.45. The van der Waals surface area contributed by atoms with Crippen molar-refractivity contribution < 1.29 is 9.32 Å². The molecule has 0 saturated carbocycles. The van der Waals surface area contributed by atoms with Crippen LogP contribution in [0.25, 0.3) is 0 Å². The van der Waals surface area contributed by atoms with Gasteiger partial charge in [0.2, 0.25) is 0 Å². The Labute approximate surface area is 80.0 Å².